The van der Waals surface area contributed by atoms with Crippen LogP contribution in [0.1, 0.15) is 18.9 Å². The standard InChI is InChI=1S/C30H30ClFN6O2/c1-35-27-7-4-22(31)16-28(27)38(30(35)40)24-10-14-36(15-11-24)17-25(39)18-37-19-26(20-8-12-33-13-9-20)29(34-37)21-2-5-23(32)6-3-21/h2-9,12-13,16,19,24-25,39H,10-11,14-15,17-18H2,1H3. The Bertz CT molecular complexity index is 1690. The molecule has 1 fully saturated rings. The summed E-state index contributed by atoms with van der Waals surface area (Å²) in [7, 11) is 1.79. The maximum Gasteiger partial charge on any atom is 0.329 e. The molecule has 0 saturated carbocycles. The third-order valence-corrected chi connectivity index (χ3v) is 7.95. The van der Waals surface area contributed by atoms with Crippen molar-refractivity contribution >= 4 is 22.6 Å². The van der Waals surface area contributed by atoms with Crippen LogP contribution in [-0.2, 0) is 13.6 Å². The van der Waals surface area contributed by atoms with Crippen LogP contribution in [0, 0.1) is 5.82 Å². The summed E-state index contributed by atoms with van der Waals surface area (Å²) in [6.07, 6.45) is 6.34. The van der Waals surface area contributed by atoms with E-state index in [1.807, 2.05) is 35.0 Å². The molecule has 0 bridgehead atoms. The molecule has 1 aliphatic heterocycles. The predicted molar refractivity (Wildman–Crippen MR) is 154 cm³/mol. The number of aryl methyl sites for hydroxylation is 1. The second kappa shape index (κ2) is 11.0. The fraction of sp³-hybridized carbons (Fsp3) is 0.300. The monoisotopic (exact) mass is 560 g/mol. The summed E-state index contributed by atoms with van der Waals surface area (Å²) in [6.45, 7) is 2.36. The van der Waals surface area contributed by atoms with E-state index >= 15 is 0 Å². The van der Waals surface area contributed by atoms with Gasteiger partial charge >= 0.3 is 5.69 Å². The van der Waals surface area contributed by atoms with Crippen LogP contribution in [0.4, 0.5) is 4.39 Å². The average Bonchev–Trinajstić information content (AvgIpc) is 3.48. The Morgan fingerprint density at radius 1 is 1.00 bits per heavy atom. The smallest absolute Gasteiger partial charge is 0.329 e. The third kappa shape index (κ3) is 5.20. The number of aromatic nitrogens is 5. The van der Waals surface area contributed by atoms with Crippen molar-refractivity contribution in [2.75, 3.05) is 19.6 Å². The van der Waals surface area contributed by atoms with Gasteiger partial charge in [0.15, 0.2) is 0 Å². The number of benzene rings is 2. The van der Waals surface area contributed by atoms with Crippen molar-refractivity contribution in [2.45, 2.75) is 31.5 Å². The van der Waals surface area contributed by atoms with Gasteiger partial charge in [-0.1, -0.05) is 11.6 Å². The highest BCUT2D eigenvalue weighted by Gasteiger charge is 2.26. The highest BCUT2D eigenvalue weighted by Crippen LogP contribution is 2.31. The minimum Gasteiger partial charge on any atom is -0.390 e. The molecular weight excluding hydrogens is 531 g/mol. The average molecular weight is 561 g/mol. The lowest BCUT2D eigenvalue weighted by Crippen LogP contribution is -2.42. The Morgan fingerprint density at radius 2 is 1.73 bits per heavy atom. The van der Waals surface area contributed by atoms with E-state index in [2.05, 4.69) is 9.88 Å². The number of likely N-dealkylation sites (tertiary alicyclic amines) is 1. The first-order chi connectivity index (χ1) is 19.4. The number of pyridine rings is 1. The first-order valence-corrected chi connectivity index (χ1v) is 13.8. The minimum absolute atomic E-state index is 0.0311. The molecule has 40 heavy (non-hydrogen) atoms. The molecule has 0 amide bonds. The first kappa shape index (κ1) is 26.4. The highest BCUT2D eigenvalue weighted by molar-refractivity contribution is 6.31. The lowest BCUT2D eigenvalue weighted by molar-refractivity contribution is 0.0770. The van der Waals surface area contributed by atoms with E-state index in [-0.39, 0.29) is 17.5 Å². The van der Waals surface area contributed by atoms with Gasteiger partial charge in [-0.3, -0.25) is 18.8 Å². The van der Waals surface area contributed by atoms with E-state index in [9.17, 15) is 14.3 Å². The summed E-state index contributed by atoms with van der Waals surface area (Å²) >= 11 is 6.24. The molecular formula is C30H30ClFN6O2. The molecule has 3 aromatic heterocycles. The number of β-amino-alcohol motifs (C(OH)–C–C–N with tert-alkyl or cyclic N) is 1. The third-order valence-electron chi connectivity index (χ3n) is 7.71. The fourth-order valence-corrected chi connectivity index (χ4v) is 5.87. The second-order valence-corrected chi connectivity index (χ2v) is 10.8. The number of halogens is 2. The highest BCUT2D eigenvalue weighted by atomic mass is 35.5. The number of hydrogen-bond acceptors (Lipinski definition) is 5. The SMILES string of the molecule is Cn1c(=O)n(C2CCN(CC(O)Cn3cc(-c4ccncc4)c(-c4ccc(F)cc4)n3)CC2)c2cc(Cl)ccc21. The quantitative estimate of drug-likeness (QED) is 0.310. The van der Waals surface area contributed by atoms with Crippen molar-refractivity contribution in [1.29, 1.82) is 0 Å². The van der Waals surface area contributed by atoms with Crippen LogP contribution in [-0.4, -0.2) is 59.6 Å². The molecule has 1 atom stereocenters. The van der Waals surface area contributed by atoms with Crippen molar-refractivity contribution in [3.05, 3.63) is 94.5 Å². The molecule has 1 aliphatic rings. The van der Waals surface area contributed by atoms with Crippen LogP contribution in [0.3, 0.4) is 0 Å². The summed E-state index contributed by atoms with van der Waals surface area (Å²) in [5.41, 5.74) is 5.06. The summed E-state index contributed by atoms with van der Waals surface area (Å²) in [4.78, 5) is 19.4. The van der Waals surface area contributed by atoms with Gasteiger partial charge in [0, 0.05) is 67.5 Å². The zero-order chi connectivity index (χ0) is 27.8. The van der Waals surface area contributed by atoms with Gasteiger partial charge in [-0.25, -0.2) is 9.18 Å². The van der Waals surface area contributed by atoms with E-state index in [0.29, 0.717) is 18.1 Å². The van der Waals surface area contributed by atoms with E-state index < -0.39 is 6.10 Å². The zero-order valence-corrected chi connectivity index (χ0v) is 22.9. The van der Waals surface area contributed by atoms with Crippen LogP contribution < -0.4 is 5.69 Å². The Kier molecular flexibility index (Phi) is 7.27. The molecule has 8 nitrogen and oxygen atoms in total. The van der Waals surface area contributed by atoms with Gasteiger partial charge in [-0.05, 0) is 73.0 Å². The molecule has 4 heterocycles. The van der Waals surface area contributed by atoms with Gasteiger partial charge in [0.1, 0.15) is 11.5 Å². The lowest BCUT2D eigenvalue weighted by Gasteiger charge is -2.33. The maximum absolute atomic E-state index is 13.6. The Hall–Kier alpha value is -3.79. The van der Waals surface area contributed by atoms with Gasteiger partial charge in [0.2, 0.25) is 0 Å². The molecule has 0 aliphatic carbocycles. The van der Waals surface area contributed by atoms with E-state index in [4.69, 9.17) is 16.7 Å². The molecule has 6 rings (SSSR count). The topological polar surface area (TPSA) is 81.1 Å². The molecule has 10 heteroatoms. The van der Waals surface area contributed by atoms with E-state index in [1.54, 1.807) is 46.9 Å². The zero-order valence-electron chi connectivity index (χ0n) is 22.1. The predicted octanol–water partition coefficient (Wildman–Crippen LogP) is 4.76. The van der Waals surface area contributed by atoms with E-state index in [0.717, 1.165) is 59.3 Å². The summed E-state index contributed by atoms with van der Waals surface area (Å²) in [6, 6.07) is 15.7. The molecule has 206 valence electrons. The number of hydrogen-bond donors (Lipinski definition) is 1. The van der Waals surface area contributed by atoms with Gasteiger partial charge in [0.25, 0.3) is 0 Å². The largest absolute Gasteiger partial charge is 0.390 e. The van der Waals surface area contributed by atoms with Crippen LogP contribution in [0.2, 0.25) is 5.02 Å². The lowest BCUT2D eigenvalue weighted by atomic mass is 10.0. The Morgan fingerprint density at radius 3 is 2.45 bits per heavy atom. The normalized spacial score (nSPS) is 15.6. The number of nitrogens with zero attached hydrogens (tertiary/aromatic N) is 6. The molecule has 1 unspecified atom stereocenters. The summed E-state index contributed by atoms with van der Waals surface area (Å²) in [5, 5.41) is 16.4. The molecule has 0 radical (unpaired) electrons. The molecule has 5 aromatic rings. The number of piperidine rings is 1. The number of rotatable bonds is 7. The number of aliphatic hydroxyl groups excluding tert-OH is 1. The van der Waals surface area contributed by atoms with Crippen molar-refractivity contribution in [1.82, 2.24) is 28.8 Å². The van der Waals surface area contributed by atoms with Crippen LogP contribution in [0.25, 0.3) is 33.4 Å². The molecule has 1 N–H and O–H groups in total. The van der Waals surface area contributed by atoms with Gasteiger partial charge in [-0.15, -0.1) is 0 Å². The minimum atomic E-state index is -0.637. The van der Waals surface area contributed by atoms with Crippen LogP contribution in [0.5, 0.6) is 0 Å². The first-order valence-electron chi connectivity index (χ1n) is 13.4. The number of aliphatic hydroxyl groups is 1. The summed E-state index contributed by atoms with van der Waals surface area (Å²) in [5.74, 6) is -0.304. The van der Waals surface area contributed by atoms with E-state index in [1.165, 1.54) is 12.1 Å². The molecule has 0 spiro atoms. The van der Waals surface area contributed by atoms with Crippen molar-refractivity contribution in [3.63, 3.8) is 0 Å². The Balaban J connectivity index is 1.14. The van der Waals surface area contributed by atoms with Crippen LogP contribution >= 0.6 is 11.6 Å². The van der Waals surface area contributed by atoms with Crippen molar-refractivity contribution in [3.8, 4) is 22.4 Å². The fourth-order valence-electron chi connectivity index (χ4n) is 5.70. The summed E-state index contributed by atoms with van der Waals surface area (Å²) < 4.78 is 18.9. The number of imidazole rings is 1. The van der Waals surface area contributed by atoms with Gasteiger partial charge in [0.05, 0.1) is 23.7 Å². The van der Waals surface area contributed by atoms with Gasteiger partial charge in [-0.2, -0.15) is 5.10 Å². The van der Waals surface area contributed by atoms with Gasteiger partial charge < -0.3 is 10.0 Å². The van der Waals surface area contributed by atoms with Crippen LogP contribution in [0.15, 0.2) is 78.0 Å². The molecule has 2 aromatic carbocycles. The Labute approximate surface area is 235 Å². The second-order valence-electron chi connectivity index (χ2n) is 10.4. The molecule has 1 saturated heterocycles. The van der Waals surface area contributed by atoms with Crippen molar-refractivity contribution < 1.29 is 9.50 Å². The van der Waals surface area contributed by atoms with Crippen molar-refractivity contribution in [2.24, 2.45) is 7.05 Å². The maximum atomic E-state index is 13.6. The number of fused-ring (bicyclic) bond motifs is 1.